The number of thioether (sulfide) groups is 1. The number of benzene rings is 1. The van der Waals surface area contributed by atoms with Crippen molar-refractivity contribution in [3.05, 3.63) is 35.9 Å². The van der Waals surface area contributed by atoms with Crippen molar-refractivity contribution in [2.24, 2.45) is 0 Å². The Kier molecular flexibility index (Phi) is 6.27. The molecular weight excluding hydrogens is 302 g/mol. The molecule has 6 heteroatoms. The first-order valence-electron chi connectivity index (χ1n) is 7.43. The van der Waals surface area contributed by atoms with Crippen LogP contribution < -0.4 is 5.32 Å². The van der Waals surface area contributed by atoms with Crippen molar-refractivity contribution in [3.63, 3.8) is 0 Å². The number of ether oxygens (including phenoxy) is 2. The second-order valence-electron chi connectivity index (χ2n) is 4.87. The van der Waals surface area contributed by atoms with Crippen LogP contribution >= 0.6 is 11.8 Å². The van der Waals surface area contributed by atoms with Gasteiger partial charge in [0.05, 0.1) is 18.6 Å². The van der Waals surface area contributed by atoms with Gasteiger partial charge in [-0.3, -0.25) is 14.9 Å². The van der Waals surface area contributed by atoms with Gasteiger partial charge in [0.25, 0.3) is 0 Å². The van der Waals surface area contributed by atoms with Crippen LogP contribution in [0.4, 0.5) is 0 Å². The van der Waals surface area contributed by atoms with Crippen LogP contribution in [0.1, 0.15) is 25.3 Å². The minimum atomic E-state index is -0.439. The topological polar surface area (TPSA) is 64.6 Å². The summed E-state index contributed by atoms with van der Waals surface area (Å²) in [5, 5.41) is 3.00. The predicted molar refractivity (Wildman–Crippen MR) is 85.6 cm³/mol. The quantitative estimate of drug-likeness (QED) is 0.807. The lowest BCUT2D eigenvalue weighted by Crippen LogP contribution is -2.42. The largest absolute Gasteiger partial charge is 0.465 e. The first-order valence-corrected chi connectivity index (χ1v) is 8.48. The molecule has 120 valence electrons. The van der Waals surface area contributed by atoms with Crippen LogP contribution in [0, 0.1) is 0 Å². The van der Waals surface area contributed by atoms with E-state index in [0.717, 1.165) is 5.56 Å². The van der Waals surface area contributed by atoms with Crippen molar-refractivity contribution >= 4 is 23.7 Å². The Hall–Kier alpha value is -1.53. The molecule has 0 radical (unpaired) electrons. The molecule has 1 N–H and O–H groups in total. The SMILES string of the molecule is CCOC(=O)C1CSC(C(C(=O)OCC)c2ccccc2)N1. The number of nitrogens with one attached hydrogen (secondary N) is 1. The maximum atomic E-state index is 12.3. The highest BCUT2D eigenvalue weighted by Gasteiger charge is 2.39. The van der Waals surface area contributed by atoms with E-state index in [1.165, 1.54) is 0 Å². The second-order valence-corrected chi connectivity index (χ2v) is 6.04. The maximum absolute atomic E-state index is 12.3. The Labute approximate surface area is 134 Å². The second kappa shape index (κ2) is 8.19. The average molecular weight is 323 g/mol. The highest BCUT2D eigenvalue weighted by molar-refractivity contribution is 8.00. The van der Waals surface area contributed by atoms with E-state index in [-0.39, 0.29) is 23.4 Å². The van der Waals surface area contributed by atoms with Gasteiger partial charge in [-0.1, -0.05) is 30.3 Å². The summed E-state index contributed by atoms with van der Waals surface area (Å²) in [6, 6.07) is 9.12. The van der Waals surface area contributed by atoms with E-state index in [1.54, 1.807) is 25.6 Å². The number of rotatable bonds is 6. The molecule has 1 aromatic rings. The molecule has 22 heavy (non-hydrogen) atoms. The fraction of sp³-hybridized carbons (Fsp3) is 0.500. The minimum absolute atomic E-state index is 0.198. The maximum Gasteiger partial charge on any atom is 0.324 e. The molecule has 0 aromatic heterocycles. The zero-order chi connectivity index (χ0) is 15.9. The van der Waals surface area contributed by atoms with Crippen molar-refractivity contribution in [3.8, 4) is 0 Å². The van der Waals surface area contributed by atoms with Gasteiger partial charge in [0, 0.05) is 5.75 Å². The normalized spacial score (nSPS) is 22.1. The Bertz CT molecular complexity index is 508. The summed E-state index contributed by atoms with van der Waals surface area (Å²) in [5.41, 5.74) is 0.885. The molecule has 5 nitrogen and oxygen atoms in total. The summed E-state index contributed by atoms with van der Waals surface area (Å²) in [6.07, 6.45) is 0. The van der Waals surface area contributed by atoms with E-state index in [2.05, 4.69) is 5.32 Å². The van der Waals surface area contributed by atoms with Crippen molar-refractivity contribution < 1.29 is 19.1 Å². The Morgan fingerprint density at radius 2 is 1.91 bits per heavy atom. The Balaban J connectivity index is 2.13. The lowest BCUT2D eigenvalue weighted by molar-refractivity contribution is -0.147. The third-order valence-electron chi connectivity index (χ3n) is 3.38. The van der Waals surface area contributed by atoms with Crippen LogP contribution in [0.3, 0.4) is 0 Å². The molecule has 3 atom stereocenters. The van der Waals surface area contributed by atoms with Gasteiger partial charge in [0.1, 0.15) is 12.0 Å². The molecular formula is C16H21NO4S. The molecule has 1 aliphatic heterocycles. The molecule has 1 saturated heterocycles. The zero-order valence-electron chi connectivity index (χ0n) is 12.8. The number of hydrogen-bond acceptors (Lipinski definition) is 6. The summed E-state index contributed by atoms with van der Waals surface area (Å²) < 4.78 is 10.2. The molecule has 0 aliphatic carbocycles. The highest BCUT2D eigenvalue weighted by Crippen LogP contribution is 2.33. The van der Waals surface area contributed by atoms with Crippen molar-refractivity contribution in [2.45, 2.75) is 31.2 Å². The third-order valence-corrected chi connectivity index (χ3v) is 4.67. The molecule has 0 saturated carbocycles. The first kappa shape index (κ1) is 16.8. The number of hydrogen-bond donors (Lipinski definition) is 1. The third kappa shape index (κ3) is 4.01. The summed E-state index contributed by atoms with van der Waals surface area (Å²) in [7, 11) is 0. The van der Waals surface area contributed by atoms with Crippen LogP contribution in [-0.2, 0) is 19.1 Å². The van der Waals surface area contributed by atoms with E-state index in [0.29, 0.717) is 19.0 Å². The average Bonchev–Trinajstić information content (AvgIpc) is 2.99. The predicted octanol–water partition coefficient (Wildman–Crippen LogP) is 1.93. The van der Waals surface area contributed by atoms with Crippen LogP contribution in [-0.4, -0.2) is 42.3 Å². The van der Waals surface area contributed by atoms with Gasteiger partial charge >= 0.3 is 11.9 Å². The molecule has 3 unspecified atom stereocenters. The first-order chi connectivity index (χ1) is 10.7. The van der Waals surface area contributed by atoms with Gasteiger partial charge < -0.3 is 9.47 Å². The molecule has 0 spiro atoms. The summed E-state index contributed by atoms with van der Waals surface area (Å²) >= 11 is 1.55. The molecule has 1 heterocycles. The molecule has 1 fully saturated rings. The van der Waals surface area contributed by atoms with Crippen molar-refractivity contribution in [1.29, 1.82) is 0 Å². The standard InChI is InChI=1S/C16H21NO4S/c1-3-20-15(18)12-10-22-14(17-12)13(16(19)21-4-2)11-8-6-5-7-9-11/h5-9,12-14,17H,3-4,10H2,1-2H3. The van der Waals surface area contributed by atoms with Crippen LogP contribution in [0.25, 0.3) is 0 Å². The summed E-state index contributed by atoms with van der Waals surface area (Å²) in [6.45, 7) is 4.26. The molecule has 1 aliphatic rings. The van der Waals surface area contributed by atoms with Gasteiger partial charge in [-0.05, 0) is 19.4 Å². The fourth-order valence-corrected chi connectivity index (χ4v) is 3.75. The van der Waals surface area contributed by atoms with Gasteiger partial charge in [-0.15, -0.1) is 11.8 Å². The number of esters is 2. The molecule has 0 bridgehead atoms. The molecule has 2 rings (SSSR count). The van der Waals surface area contributed by atoms with Gasteiger partial charge in [0.2, 0.25) is 0 Å². The Morgan fingerprint density at radius 1 is 1.23 bits per heavy atom. The lowest BCUT2D eigenvalue weighted by Gasteiger charge is -2.22. The van der Waals surface area contributed by atoms with E-state index in [1.807, 2.05) is 30.3 Å². The van der Waals surface area contributed by atoms with E-state index >= 15 is 0 Å². The van der Waals surface area contributed by atoms with Crippen LogP contribution in [0.2, 0.25) is 0 Å². The van der Waals surface area contributed by atoms with Crippen LogP contribution in [0.15, 0.2) is 30.3 Å². The van der Waals surface area contributed by atoms with Crippen molar-refractivity contribution in [1.82, 2.24) is 5.32 Å². The zero-order valence-corrected chi connectivity index (χ0v) is 13.6. The summed E-state index contributed by atoms with van der Waals surface area (Å²) in [4.78, 5) is 24.2. The fourth-order valence-electron chi connectivity index (χ4n) is 2.39. The summed E-state index contributed by atoms with van der Waals surface area (Å²) in [5.74, 6) is -0.395. The van der Waals surface area contributed by atoms with Crippen molar-refractivity contribution in [2.75, 3.05) is 19.0 Å². The van der Waals surface area contributed by atoms with Gasteiger partial charge in [-0.2, -0.15) is 0 Å². The Morgan fingerprint density at radius 3 is 2.55 bits per heavy atom. The smallest absolute Gasteiger partial charge is 0.324 e. The number of carbonyl (C=O) groups excluding carboxylic acids is 2. The highest BCUT2D eigenvalue weighted by atomic mass is 32.2. The minimum Gasteiger partial charge on any atom is -0.465 e. The van der Waals surface area contributed by atoms with Gasteiger partial charge in [0.15, 0.2) is 0 Å². The van der Waals surface area contributed by atoms with E-state index < -0.39 is 5.92 Å². The monoisotopic (exact) mass is 323 g/mol. The number of carbonyl (C=O) groups is 2. The van der Waals surface area contributed by atoms with E-state index in [4.69, 9.17) is 9.47 Å². The van der Waals surface area contributed by atoms with Gasteiger partial charge in [-0.25, -0.2) is 0 Å². The molecule has 0 amide bonds. The van der Waals surface area contributed by atoms with Crippen LogP contribution in [0.5, 0.6) is 0 Å². The lowest BCUT2D eigenvalue weighted by atomic mass is 9.98. The molecule has 1 aromatic carbocycles. The van der Waals surface area contributed by atoms with E-state index in [9.17, 15) is 9.59 Å².